The molecule has 6 heteroatoms. The summed E-state index contributed by atoms with van der Waals surface area (Å²) in [5.74, 6) is -0.306. The highest BCUT2D eigenvalue weighted by Crippen LogP contribution is 2.24. The van der Waals surface area contributed by atoms with Crippen molar-refractivity contribution < 1.29 is 9.21 Å². The minimum Gasteiger partial charge on any atom is -0.457 e. The van der Waals surface area contributed by atoms with Gasteiger partial charge in [0.15, 0.2) is 4.67 Å². The van der Waals surface area contributed by atoms with E-state index in [1.54, 1.807) is 17.5 Å². The van der Waals surface area contributed by atoms with E-state index in [9.17, 15) is 4.79 Å². The van der Waals surface area contributed by atoms with Crippen molar-refractivity contribution >= 4 is 38.2 Å². The maximum atomic E-state index is 11.8. The summed E-state index contributed by atoms with van der Waals surface area (Å²) in [5.41, 5.74) is 0.857. The number of carbonyl (C=O) groups is 1. The normalized spacial score (nSPS) is 9.75. The molecule has 16 heavy (non-hydrogen) atoms. The first-order valence-electron chi connectivity index (χ1n) is 4.24. The number of thiophene rings is 1. The Balaban J connectivity index is 2.21. The molecule has 0 bridgehead atoms. The summed E-state index contributed by atoms with van der Waals surface area (Å²) in [6, 6.07) is 5.21. The second-order valence-corrected chi connectivity index (χ2v) is 4.47. The van der Waals surface area contributed by atoms with E-state index in [1.807, 2.05) is 6.07 Å². The van der Waals surface area contributed by atoms with Gasteiger partial charge in [-0.1, -0.05) is 0 Å². The molecular weight excluding hydrogens is 292 g/mol. The molecule has 0 radical (unpaired) electrons. The summed E-state index contributed by atoms with van der Waals surface area (Å²) >= 11 is 4.42. The van der Waals surface area contributed by atoms with Gasteiger partial charge in [-0.05, 0) is 33.4 Å². The van der Waals surface area contributed by atoms with Gasteiger partial charge in [-0.3, -0.25) is 4.79 Å². The number of hydrogen-bond donors (Lipinski definition) is 1. The average molecular weight is 297 g/mol. The number of anilines is 1. The summed E-state index contributed by atoms with van der Waals surface area (Å²) in [4.78, 5) is 11.8. The molecule has 0 atom stereocenters. The van der Waals surface area contributed by atoms with Crippen LogP contribution in [-0.2, 0) is 0 Å². The van der Waals surface area contributed by atoms with Gasteiger partial charge in [0.1, 0.15) is 11.1 Å². The highest BCUT2D eigenvalue weighted by molar-refractivity contribution is 9.10. The third-order valence-corrected chi connectivity index (χ3v) is 3.32. The van der Waals surface area contributed by atoms with Crippen LogP contribution in [0, 0.1) is 11.3 Å². The smallest absolute Gasteiger partial charge is 0.260 e. The largest absolute Gasteiger partial charge is 0.457 e. The summed E-state index contributed by atoms with van der Waals surface area (Å²) in [6.45, 7) is 0. The SMILES string of the molecule is N#Cc1ccsc1NC(=O)c1ccoc1Br. The lowest BCUT2D eigenvalue weighted by molar-refractivity contribution is 0.102. The van der Waals surface area contributed by atoms with Crippen LogP contribution in [0.4, 0.5) is 5.00 Å². The molecule has 80 valence electrons. The van der Waals surface area contributed by atoms with Crippen molar-refractivity contribution in [1.82, 2.24) is 0 Å². The van der Waals surface area contributed by atoms with E-state index >= 15 is 0 Å². The van der Waals surface area contributed by atoms with Gasteiger partial charge < -0.3 is 9.73 Å². The van der Waals surface area contributed by atoms with Gasteiger partial charge in [0.2, 0.25) is 0 Å². The molecule has 0 unspecified atom stereocenters. The first kappa shape index (κ1) is 10.9. The average Bonchev–Trinajstić information content (AvgIpc) is 2.86. The van der Waals surface area contributed by atoms with Gasteiger partial charge in [0.25, 0.3) is 5.91 Å². The first-order chi connectivity index (χ1) is 7.72. The summed E-state index contributed by atoms with van der Waals surface area (Å²) in [6.07, 6.45) is 1.42. The molecule has 0 fully saturated rings. The molecule has 2 rings (SSSR count). The molecule has 0 spiro atoms. The van der Waals surface area contributed by atoms with Crippen LogP contribution < -0.4 is 5.32 Å². The van der Waals surface area contributed by atoms with Crippen LogP contribution in [0.2, 0.25) is 0 Å². The standard InChI is InChI=1S/C10H5BrN2O2S/c11-8-7(1-3-15-8)9(14)13-10-6(5-12)2-4-16-10/h1-4H,(H,13,14). The molecule has 0 saturated carbocycles. The van der Waals surface area contributed by atoms with E-state index in [2.05, 4.69) is 21.2 Å². The minimum absolute atomic E-state index is 0.306. The van der Waals surface area contributed by atoms with Crippen LogP contribution in [0.5, 0.6) is 0 Å². The van der Waals surface area contributed by atoms with E-state index in [0.29, 0.717) is 20.8 Å². The van der Waals surface area contributed by atoms with Crippen molar-refractivity contribution in [1.29, 1.82) is 5.26 Å². The predicted molar refractivity (Wildman–Crippen MR) is 63.4 cm³/mol. The monoisotopic (exact) mass is 296 g/mol. The van der Waals surface area contributed by atoms with Gasteiger partial charge in [-0.2, -0.15) is 5.26 Å². The number of nitrogens with one attached hydrogen (secondary N) is 1. The van der Waals surface area contributed by atoms with Crippen molar-refractivity contribution in [3.05, 3.63) is 39.6 Å². The number of furan rings is 1. The lowest BCUT2D eigenvalue weighted by Crippen LogP contribution is -2.11. The Morgan fingerprint density at radius 3 is 3.00 bits per heavy atom. The third kappa shape index (κ3) is 2.01. The molecule has 2 aromatic rings. The second-order valence-electron chi connectivity index (χ2n) is 2.84. The number of carbonyl (C=O) groups excluding carboxylic acids is 1. The zero-order valence-electron chi connectivity index (χ0n) is 7.86. The van der Waals surface area contributed by atoms with E-state index in [0.717, 1.165) is 0 Å². The molecule has 4 nitrogen and oxygen atoms in total. The Morgan fingerprint density at radius 1 is 1.56 bits per heavy atom. The molecule has 2 heterocycles. The highest BCUT2D eigenvalue weighted by Gasteiger charge is 2.14. The molecule has 0 aliphatic rings. The molecule has 0 aromatic carbocycles. The maximum Gasteiger partial charge on any atom is 0.260 e. The fourth-order valence-corrected chi connectivity index (χ4v) is 2.27. The number of amides is 1. The van der Waals surface area contributed by atoms with E-state index < -0.39 is 0 Å². The van der Waals surface area contributed by atoms with E-state index in [1.165, 1.54) is 17.6 Å². The number of nitrogens with zero attached hydrogens (tertiary/aromatic N) is 1. The Morgan fingerprint density at radius 2 is 2.38 bits per heavy atom. The minimum atomic E-state index is -0.306. The number of rotatable bonds is 2. The number of halogens is 1. The predicted octanol–water partition coefficient (Wildman–Crippen LogP) is 3.23. The third-order valence-electron chi connectivity index (χ3n) is 1.88. The van der Waals surface area contributed by atoms with Crippen LogP contribution in [0.1, 0.15) is 15.9 Å². The van der Waals surface area contributed by atoms with Crippen molar-refractivity contribution in [2.45, 2.75) is 0 Å². The van der Waals surface area contributed by atoms with Crippen LogP contribution in [-0.4, -0.2) is 5.91 Å². The lowest BCUT2D eigenvalue weighted by Gasteiger charge is -2.00. The van der Waals surface area contributed by atoms with Gasteiger partial charge in [-0.15, -0.1) is 11.3 Å². The Hall–Kier alpha value is -1.58. The molecule has 1 amide bonds. The Bertz CT molecular complexity index is 567. The molecular formula is C10H5BrN2O2S. The van der Waals surface area contributed by atoms with Crippen molar-refractivity contribution in [3.8, 4) is 6.07 Å². The summed E-state index contributed by atoms with van der Waals surface area (Å²) in [5, 5.41) is 13.7. The van der Waals surface area contributed by atoms with Gasteiger partial charge in [0, 0.05) is 0 Å². The molecule has 2 aromatic heterocycles. The quantitative estimate of drug-likeness (QED) is 0.925. The zero-order chi connectivity index (χ0) is 11.5. The summed E-state index contributed by atoms with van der Waals surface area (Å²) < 4.78 is 5.33. The zero-order valence-corrected chi connectivity index (χ0v) is 10.3. The second kappa shape index (κ2) is 4.51. The van der Waals surface area contributed by atoms with Crippen molar-refractivity contribution in [2.75, 3.05) is 5.32 Å². The summed E-state index contributed by atoms with van der Waals surface area (Å²) in [7, 11) is 0. The molecule has 0 saturated heterocycles. The lowest BCUT2D eigenvalue weighted by atomic mass is 10.3. The van der Waals surface area contributed by atoms with Gasteiger partial charge in [0.05, 0.1) is 17.4 Å². The fraction of sp³-hybridized carbons (Fsp3) is 0. The molecule has 0 aliphatic carbocycles. The Kier molecular flexibility index (Phi) is 3.08. The van der Waals surface area contributed by atoms with Crippen molar-refractivity contribution in [3.63, 3.8) is 0 Å². The van der Waals surface area contributed by atoms with Gasteiger partial charge in [-0.25, -0.2) is 0 Å². The molecule has 1 N–H and O–H groups in total. The number of hydrogen-bond acceptors (Lipinski definition) is 4. The topological polar surface area (TPSA) is 66.0 Å². The van der Waals surface area contributed by atoms with Crippen LogP contribution in [0.15, 0.2) is 32.9 Å². The van der Waals surface area contributed by atoms with E-state index in [-0.39, 0.29) is 5.91 Å². The van der Waals surface area contributed by atoms with Crippen LogP contribution in [0.25, 0.3) is 0 Å². The van der Waals surface area contributed by atoms with Gasteiger partial charge >= 0.3 is 0 Å². The Labute approximate surface area is 104 Å². The van der Waals surface area contributed by atoms with Crippen LogP contribution in [0.3, 0.4) is 0 Å². The first-order valence-corrected chi connectivity index (χ1v) is 5.91. The number of nitriles is 1. The highest BCUT2D eigenvalue weighted by atomic mass is 79.9. The van der Waals surface area contributed by atoms with E-state index in [4.69, 9.17) is 9.68 Å². The van der Waals surface area contributed by atoms with Crippen LogP contribution >= 0.6 is 27.3 Å². The maximum absolute atomic E-state index is 11.8. The molecule has 0 aliphatic heterocycles. The fourth-order valence-electron chi connectivity index (χ4n) is 1.12. The van der Waals surface area contributed by atoms with Crippen molar-refractivity contribution in [2.24, 2.45) is 0 Å².